The number of non-ortho nitro benzene ring substituents is 1. The smallest absolute Gasteiger partial charge is 0.270 e. The summed E-state index contributed by atoms with van der Waals surface area (Å²) in [5.74, 6) is 0.0928. The molecule has 1 N–H and O–H groups in total. The number of carbonyl (C=O) groups excluding carboxylic acids is 1. The average molecular weight is 425 g/mol. The molecule has 0 saturated heterocycles. The number of benzene rings is 2. The van der Waals surface area contributed by atoms with E-state index in [0.29, 0.717) is 22.6 Å². The quantitative estimate of drug-likeness (QED) is 0.370. The molecule has 0 spiro atoms. The van der Waals surface area contributed by atoms with Crippen molar-refractivity contribution in [3.05, 3.63) is 87.2 Å². The first-order valence-electron chi connectivity index (χ1n) is 7.83. The van der Waals surface area contributed by atoms with E-state index in [0.717, 1.165) is 4.47 Å². The molecule has 0 radical (unpaired) electrons. The van der Waals surface area contributed by atoms with E-state index in [1.54, 1.807) is 42.7 Å². The highest BCUT2D eigenvalue weighted by Crippen LogP contribution is 2.20. The van der Waals surface area contributed by atoms with Gasteiger partial charge in [0.1, 0.15) is 0 Å². The highest BCUT2D eigenvalue weighted by molar-refractivity contribution is 9.10. The number of amides is 1. The second-order valence-corrected chi connectivity index (χ2v) is 6.39. The second kappa shape index (κ2) is 8.33. The van der Waals surface area contributed by atoms with Crippen LogP contribution in [-0.2, 0) is 4.79 Å². The standard InChI is InChI=1S/C19H13BrN4O3/c20-15-5-7-16(8-6-15)23-18(25)9-4-13-11-21-19(22-12-13)14-2-1-3-17(10-14)24(26)27/h1-12H,(H,23,25)/b9-4+. The molecule has 8 heteroatoms. The second-order valence-electron chi connectivity index (χ2n) is 5.48. The van der Waals surface area contributed by atoms with Crippen molar-refractivity contribution < 1.29 is 9.72 Å². The van der Waals surface area contributed by atoms with Gasteiger partial charge in [-0.05, 0) is 30.3 Å². The summed E-state index contributed by atoms with van der Waals surface area (Å²) in [5.41, 5.74) is 1.85. The van der Waals surface area contributed by atoms with Crippen molar-refractivity contribution in [3.63, 3.8) is 0 Å². The molecule has 0 unspecified atom stereocenters. The summed E-state index contributed by atoms with van der Waals surface area (Å²) in [6.45, 7) is 0. The average Bonchev–Trinajstić information content (AvgIpc) is 2.69. The molecule has 0 aliphatic heterocycles. The summed E-state index contributed by atoms with van der Waals surface area (Å²) in [5, 5.41) is 13.6. The lowest BCUT2D eigenvalue weighted by Crippen LogP contribution is -2.07. The number of nitro groups is 1. The van der Waals surface area contributed by atoms with Gasteiger partial charge in [-0.3, -0.25) is 14.9 Å². The van der Waals surface area contributed by atoms with Crippen LogP contribution in [-0.4, -0.2) is 20.8 Å². The van der Waals surface area contributed by atoms with Gasteiger partial charge in [0, 0.05) is 51.9 Å². The molecular formula is C19H13BrN4O3. The number of nitrogens with one attached hydrogen (secondary N) is 1. The molecule has 2 aromatic carbocycles. The lowest BCUT2D eigenvalue weighted by Gasteiger charge is -2.02. The third-order valence-electron chi connectivity index (χ3n) is 3.53. The minimum atomic E-state index is -0.468. The first kappa shape index (κ1) is 18.4. The molecule has 27 heavy (non-hydrogen) atoms. The normalized spacial score (nSPS) is 10.7. The molecule has 7 nitrogen and oxygen atoms in total. The molecule has 3 aromatic rings. The Labute approximate surface area is 163 Å². The van der Waals surface area contributed by atoms with Gasteiger partial charge in [-0.25, -0.2) is 9.97 Å². The van der Waals surface area contributed by atoms with E-state index in [9.17, 15) is 14.9 Å². The van der Waals surface area contributed by atoms with E-state index >= 15 is 0 Å². The highest BCUT2D eigenvalue weighted by Gasteiger charge is 2.08. The zero-order valence-corrected chi connectivity index (χ0v) is 15.5. The maximum Gasteiger partial charge on any atom is 0.270 e. The van der Waals surface area contributed by atoms with Gasteiger partial charge in [0.15, 0.2) is 5.82 Å². The van der Waals surface area contributed by atoms with Crippen LogP contribution in [0, 0.1) is 10.1 Å². The van der Waals surface area contributed by atoms with Gasteiger partial charge in [0.25, 0.3) is 5.69 Å². The number of carbonyl (C=O) groups is 1. The molecule has 0 aliphatic carbocycles. The molecule has 0 bridgehead atoms. The van der Waals surface area contributed by atoms with Gasteiger partial charge in [0.05, 0.1) is 4.92 Å². The first-order valence-corrected chi connectivity index (χ1v) is 8.62. The Morgan fingerprint density at radius 2 is 1.81 bits per heavy atom. The van der Waals surface area contributed by atoms with Crippen molar-refractivity contribution >= 4 is 39.3 Å². The van der Waals surface area contributed by atoms with Gasteiger partial charge in [-0.1, -0.05) is 28.1 Å². The number of nitro benzene ring substituents is 1. The van der Waals surface area contributed by atoms with E-state index in [4.69, 9.17) is 0 Å². The van der Waals surface area contributed by atoms with Crippen molar-refractivity contribution in [2.24, 2.45) is 0 Å². The van der Waals surface area contributed by atoms with Gasteiger partial charge in [-0.2, -0.15) is 0 Å². The Hall–Kier alpha value is -3.39. The Balaban J connectivity index is 1.67. The Kier molecular flexibility index (Phi) is 5.68. The number of hydrogen-bond donors (Lipinski definition) is 1. The van der Waals surface area contributed by atoms with Crippen molar-refractivity contribution in [2.45, 2.75) is 0 Å². The van der Waals surface area contributed by atoms with Crippen LogP contribution in [0.2, 0.25) is 0 Å². The molecule has 134 valence electrons. The first-order chi connectivity index (χ1) is 13.0. The van der Waals surface area contributed by atoms with E-state index in [1.165, 1.54) is 18.2 Å². The Morgan fingerprint density at radius 1 is 1.11 bits per heavy atom. The van der Waals surface area contributed by atoms with E-state index in [-0.39, 0.29) is 11.6 Å². The fourth-order valence-electron chi connectivity index (χ4n) is 2.22. The van der Waals surface area contributed by atoms with Crippen LogP contribution in [0.15, 0.2) is 71.5 Å². The molecule has 0 fully saturated rings. The zero-order valence-electron chi connectivity index (χ0n) is 13.9. The Bertz CT molecular complexity index is 1000. The van der Waals surface area contributed by atoms with E-state index < -0.39 is 4.92 Å². The van der Waals surface area contributed by atoms with Crippen molar-refractivity contribution in [1.82, 2.24) is 9.97 Å². The van der Waals surface area contributed by atoms with Crippen molar-refractivity contribution in [1.29, 1.82) is 0 Å². The summed E-state index contributed by atoms with van der Waals surface area (Å²) < 4.78 is 0.928. The van der Waals surface area contributed by atoms with Crippen molar-refractivity contribution in [3.8, 4) is 11.4 Å². The summed E-state index contributed by atoms with van der Waals surface area (Å²) >= 11 is 3.33. The number of hydrogen-bond acceptors (Lipinski definition) is 5. The highest BCUT2D eigenvalue weighted by atomic mass is 79.9. The maximum absolute atomic E-state index is 11.9. The van der Waals surface area contributed by atoms with Crippen LogP contribution in [0.3, 0.4) is 0 Å². The largest absolute Gasteiger partial charge is 0.323 e. The van der Waals surface area contributed by atoms with Crippen LogP contribution in [0.5, 0.6) is 0 Å². The van der Waals surface area contributed by atoms with E-state index in [2.05, 4.69) is 31.2 Å². The van der Waals surface area contributed by atoms with Gasteiger partial charge in [0.2, 0.25) is 5.91 Å². The predicted octanol–water partition coefficient (Wildman–Crippen LogP) is 4.47. The number of aromatic nitrogens is 2. The van der Waals surface area contributed by atoms with Crippen LogP contribution in [0.25, 0.3) is 17.5 Å². The SMILES string of the molecule is O=C(/C=C/c1cnc(-c2cccc([N+](=O)[O-])c2)nc1)Nc1ccc(Br)cc1. The molecule has 0 aliphatic rings. The molecular weight excluding hydrogens is 412 g/mol. The minimum absolute atomic E-state index is 0.0234. The lowest BCUT2D eigenvalue weighted by atomic mass is 10.2. The third kappa shape index (κ3) is 5.05. The van der Waals surface area contributed by atoms with Crippen LogP contribution < -0.4 is 5.32 Å². The molecule has 1 aromatic heterocycles. The molecule has 1 amide bonds. The monoisotopic (exact) mass is 424 g/mol. The number of anilines is 1. The maximum atomic E-state index is 11.9. The lowest BCUT2D eigenvalue weighted by molar-refractivity contribution is -0.384. The van der Waals surface area contributed by atoms with E-state index in [1.807, 2.05) is 12.1 Å². The van der Waals surface area contributed by atoms with Gasteiger partial charge >= 0.3 is 0 Å². The summed E-state index contributed by atoms with van der Waals surface area (Å²) in [6, 6.07) is 13.3. The topological polar surface area (TPSA) is 98.0 Å². The fourth-order valence-corrected chi connectivity index (χ4v) is 2.49. The summed E-state index contributed by atoms with van der Waals surface area (Å²) in [7, 11) is 0. The minimum Gasteiger partial charge on any atom is -0.323 e. The molecule has 1 heterocycles. The molecule has 0 saturated carbocycles. The van der Waals surface area contributed by atoms with Crippen LogP contribution in [0.4, 0.5) is 11.4 Å². The van der Waals surface area contributed by atoms with Crippen LogP contribution in [0.1, 0.15) is 5.56 Å². The third-order valence-corrected chi connectivity index (χ3v) is 4.05. The summed E-state index contributed by atoms with van der Waals surface area (Å²) in [4.78, 5) is 30.7. The molecule has 0 atom stereocenters. The predicted molar refractivity (Wildman–Crippen MR) is 106 cm³/mol. The Morgan fingerprint density at radius 3 is 2.48 bits per heavy atom. The number of halogens is 1. The number of nitrogens with zero attached hydrogens (tertiary/aromatic N) is 3. The van der Waals surface area contributed by atoms with Crippen LogP contribution >= 0.6 is 15.9 Å². The van der Waals surface area contributed by atoms with Gasteiger partial charge < -0.3 is 5.32 Å². The fraction of sp³-hybridized carbons (Fsp3) is 0. The zero-order chi connectivity index (χ0) is 19.2. The summed E-state index contributed by atoms with van der Waals surface area (Å²) in [6.07, 6.45) is 6.06. The number of rotatable bonds is 5. The molecule has 3 rings (SSSR count). The van der Waals surface area contributed by atoms with Crippen molar-refractivity contribution in [2.75, 3.05) is 5.32 Å². The van der Waals surface area contributed by atoms with Gasteiger partial charge in [-0.15, -0.1) is 0 Å².